The Morgan fingerprint density at radius 2 is 2.20 bits per heavy atom. The molecule has 0 saturated carbocycles. The van der Waals surface area contributed by atoms with Crippen molar-refractivity contribution < 1.29 is 4.79 Å². The zero-order valence-corrected chi connectivity index (χ0v) is 11.0. The van der Waals surface area contributed by atoms with Gasteiger partial charge in [-0.25, -0.2) is 15.0 Å². The number of nitrogens with two attached hydrogens (primary N) is 1. The van der Waals surface area contributed by atoms with Gasteiger partial charge < -0.3 is 15.6 Å². The number of nitrogen functional groups attached to an aromatic ring is 1. The Labute approximate surface area is 116 Å². The Balaban J connectivity index is 1.58. The quantitative estimate of drug-likeness (QED) is 0.834. The first-order valence-electron chi connectivity index (χ1n) is 6.58. The van der Waals surface area contributed by atoms with Crippen molar-refractivity contribution in [2.45, 2.75) is 19.4 Å². The minimum Gasteiger partial charge on any atom is -0.382 e. The first kappa shape index (κ1) is 12.6. The van der Waals surface area contributed by atoms with E-state index >= 15 is 0 Å². The molecule has 104 valence electrons. The van der Waals surface area contributed by atoms with Gasteiger partial charge in [0.1, 0.15) is 5.82 Å². The van der Waals surface area contributed by atoms with Gasteiger partial charge in [-0.3, -0.25) is 4.79 Å². The number of fused-ring (bicyclic) bond motifs is 1. The fourth-order valence-corrected chi connectivity index (χ4v) is 2.43. The molecule has 0 aliphatic carbocycles. The summed E-state index contributed by atoms with van der Waals surface area (Å²) in [5, 5.41) is 2.87. The van der Waals surface area contributed by atoms with E-state index < -0.39 is 0 Å². The number of aryl methyl sites for hydroxylation is 1. The van der Waals surface area contributed by atoms with E-state index in [1.165, 1.54) is 12.4 Å². The van der Waals surface area contributed by atoms with Crippen LogP contribution in [0.15, 0.2) is 24.8 Å². The number of anilines is 1. The molecule has 3 N–H and O–H groups in total. The summed E-state index contributed by atoms with van der Waals surface area (Å²) in [6, 6.07) is 0. The van der Waals surface area contributed by atoms with E-state index in [1.54, 1.807) is 0 Å². The van der Waals surface area contributed by atoms with Crippen molar-refractivity contribution >= 4 is 11.7 Å². The number of aromatic nitrogens is 4. The second-order valence-electron chi connectivity index (χ2n) is 4.90. The van der Waals surface area contributed by atoms with Crippen molar-refractivity contribution in [2.75, 3.05) is 12.3 Å². The maximum atomic E-state index is 12.0. The fraction of sp³-hybridized carbons (Fsp3) is 0.385. The average molecular weight is 272 g/mol. The van der Waals surface area contributed by atoms with E-state index in [2.05, 4.69) is 24.8 Å². The number of rotatable bonds is 3. The van der Waals surface area contributed by atoms with Gasteiger partial charge >= 0.3 is 0 Å². The normalized spacial score (nSPS) is 17.5. The number of hydrogen-bond donors (Lipinski definition) is 2. The predicted molar refractivity (Wildman–Crippen MR) is 72.8 cm³/mol. The molecule has 2 aromatic heterocycles. The highest BCUT2D eigenvalue weighted by atomic mass is 16.1. The third kappa shape index (κ3) is 2.47. The summed E-state index contributed by atoms with van der Waals surface area (Å²) in [5.74, 6) is 1.36. The largest absolute Gasteiger partial charge is 0.382 e. The second kappa shape index (κ2) is 5.28. The molecular formula is C13H16N6O. The van der Waals surface area contributed by atoms with Crippen LogP contribution < -0.4 is 11.1 Å². The minimum absolute atomic E-state index is 0.157. The molecule has 0 unspecified atom stereocenters. The standard InChI is InChI=1S/C13H16N6O/c14-12-11(16-2-3-17-12)13(20)18-8-9-1-5-19-6-4-15-10(19)7-9/h2-4,6,9H,1,5,7-8H2,(H2,14,17)(H,18,20)/t9-/m1/s1. The molecule has 1 aliphatic rings. The molecule has 3 heterocycles. The van der Waals surface area contributed by atoms with Crippen LogP contribution in [0.25, 0.3) is 0 Å². The molecule has 0 fully saturated rings. The van der Waals surface area contributed by atoms with Crippen molar-refractivity contribution in [1.82, 2.24) is 24.8 Å². The molecular weight excluding hydrogens is 256 g/mol. The number of imidazole rings is 1. The highest BCUT2D eigenvalue weighted by Crippen LogP contribution is 2.18. The summed E-state index contributed by atoms with van der Waals surface area (Å²) < 4.78 is 2.15. The van der Waals surface area contributed by atoms with E-state index in [9.17, 15) is 4.79 Å². The maximum Gasteiger partial charge on any atom is 0.273 e. The van der Waals surface area contributed by atoms with Crippen LogP contribution in [-0.2, 0) is 13.0 Å². The molecule has 0 spiro atoms. The number of hydrogen-bond acceptors (Lipinski definition) is 5. The molecule has 0 aromatic carbocycles. The van der Waals surface area contributed by atoms with Crippen molar-refractivity contribution in [3.63, 3.8) is 0 Å². The SMILES string of the molecule is Nc1nccnc1C(=O)NC[C@@H]1CCn2ccnc2C1. The van der Waals surface area contributed by atoms with E-state index in [0.29, 0.717) is 12.5 Å². The lowest BCUT2D eigenvalue weighted by Crippen LogP contribution is -2.34. The summed E-state index contributed by atoms with van der Waals surface area (Å²) in [6.07, 6.45) is 8.64. The molecule has 0 bridgehead atoms. The lowest BCUT2D eigenvalue weighted by atomic mass is 9.98. The zero-order valence-electron chi connectivity index (χ0n) is 11.0. The van der Waals surface area contributed by atoms with E-state index in [4.69, 9.17) is 5.73 Å². The third-order valence-electron chi connectivity index (χ3n) is 3.54. The van der Waals surface area contributed by atoms with Gasteiger partial charge in [0, 0.05) is 44.3 Å². The highest BCUT2D eigenvalue weighted by molar-refractivity contribution is 5.96. The molecule has 1 amide bonds. The van der Waals surface area contributed by atoms with Crippen molar-refractivity contribution in [3.05, 3.63) is 36.3 Å². The Bertz CT molecular complexity index is 623. The third-order valence-corrected chi connectivity index (χ3v) is 3.54. The van der Waals surface area contributed by atoms with Crippen LogP contribution in [0, 0.1) is 5.92 Å². The molecule has 1 aliphatic heterocycles. The Hall–Kier alpha value is -2.44. The first-order chi connectivity index (χ1) is 9.74. The van der Waals surface area contributed by atoms with E-state index in [-0.39, 0.29) is 17.4 Å². The van der Waals surface area contributed by atoms with Crippen LogP contribution in [-0.4, -0.2) is 32.0 Å². The second-order valence-corrected chi connectivity index (χ2v) is 4.90. The monoisotopic (exact) mass is 272 g/mol. The maximum absolute atomic E-state index is 12.0. The molecule has 3 rings (SSSR count). The summed E-state index contributed by atoms with van der Waals surface area (Å²) in [6.45, 7) is 1.55. The Kier molecular flexibility index (Phi) is 3.32. The predicted octanol–water partition coefficient (Wildman–Crippen LogP) is 0.248. The highest BCUT2D eigenvalue weighted by Gasteiger charge is 2.20. The fourth-order valence-electron chi connectivity index (χ4n) is 2.43. The molecule has 20 heavy (non-hydrogen) atoms. The lowest BCUT2D eigenvalue weighted by Gasteiger charge is -2.23. The Morgan fingerprint density at radius 1 is 1.35 bits per heavy atom. The number of nitrogens with zero attached hydrogens (tertiary/aromatic N) is 4. The van der Waals surface area contributed by atoms with Crippen molar-refractivity contribution in [1.29, 1.82) is 0 Å². The number of nitrogens with one attached hydrogen (secondary N) is 1. The average Bonchev–Trinajstić information content (AvgIpc) is 2.92. The van der Waals surface area contributed by atoms with Crippen LogP contribution in [0.1, 0.15) is 22.7 Å². The zero-order chi connectivity index (χ0) is 13.9. The van der Waals surface area contributed by atoms with Gasteiger partial charge in [-0.2, -0.15) is 0 Å². The van der Waals surface area contributed by atoms with Gasteiger partial charge in [0.25, 0.3) is 5.91 Å². The van der Waals surface area contributed by atoms with Crippen molar-refractivity contribution in [2.24, 2.45) is 5.92 Å². The van der Waals surface area contributed by atoms with E-state index in [0.717, 1.165) is 25.2 Å². The number of amides is 1. The van der Waals surface area contributed by atoms with Crippen molar-refractivity contribution in [3.8, 4) is 0 Å². The molecule has 7 heteroatoms. The molecule has 7 nitrogen and oxygen atoms in total. The topological polar surface area (TPSA) is 98.7 Å². The molecule has 0 radical (unpaired) electrons. The molecule has 1 atom stereocenters. The van der Waals surface area contributed by atoms with E-state index in [1.807, 2.05) is 12.4 Å². The van der Waals surface area contributed by atoms with Crippen LogP contribution in [0.3, 0.4) is 0 Å². The minimum atomic E-state index is -0.274. The van der Waals surface area contributed by atoms with Crippen LogP contribution in [0.4, 0.5) is 5.82 Å². The summed E-state index contributed by atoms with van der Waals surface area (Å²) >= 11 is 0. The van der Waals surface area contributed by atoms with Crippen LogP contribution >= 0.6 is 0 Å². The molecule has 0 saturated heterocycles. The lowest BCUT2D eigenvalue weighted by molar-refractivity contribution is 0.0940. The van der Waals surface area contributed by atoms with Gasteiger partial charge in [-0.05, 0) is 12.3 Å². The van der Waals surface area contributed by atoms with Crippen LogP contribution in [0.2, 0.25) is 0 Å². The summed E-state index contributed by atoms with van der Waals surface area (Å²) in [4.78, 5) is 24.1. The number of carbonyl (C=O) groups is 1. The van der Waals surface area contributed by atoms with Gasteiger partial charge in [0.2, 0.25) is 0 Å². The van der Waals surface area contributed by atoms with Gasteiger partial charge in [0.15, 0.2) is 11.5 Å². The van der Waals surface area contributed by atoms with Gasteiger partial charge in [-0.15, -0.1) is 0 Å². The molecule has 2 aromatic rings. The van der Waals surface area contributed by atoms with Gasteiger partial charge in [-0.1, -0.05) is 0 Å². The van der Waals surface area contributed by atoms with Crippen LogP contribution in [0.5, 0.6) is 0 Å². The smallest absolute Gasteiger partial charge is 0.273 e. The number of carbonyl (C=O) groups excluding carboxylic acids is 1. The summed E-state index contributed by atoms with van der Waals surface area (Å²) in [7, 11) is 0. The summed E-state index contributed by atoms with van der Waals surface area (Å²) in [5.41, 5.74) is 5.82. The van der Waals surface area contributed by atoms with Gasteiger partial charge in [0.05, 0.1) is 0 Å². The Morgan fingerprint density at radius 3 is 3.05 bits per heavy atom. The first-order valence-corrected chi connectivity index (χ1v) is 6.58.